The average molecular weight is 218 g/mol. The number of hydrogen-bond donors (Lipinski definition) is 0. The smallest absolute Gasteiger partial charge is 0.119 e. The largest absolute Gasteiger partial charge is 0.497 e. The van der Waals surface area contributed by atoms with Crippen molar-refractivity contribution in [3.05, 3.63) is 23.8 Å². The van der Waals surface area contributed by atoms with E-state index in [9.17, 15) is 0 Å². The van der Waals surface area contributed by atoms with Gasteiger partial charge in [0, 0.05) is 25.2 Å². The second kappa shape index (κ2) is 3.39. The average Bonchev–Trinajstić information content (AvgIpc) is 2.81. The van der Waals surface area contributed by atoms with Crippen molar-refractivity contribution in [2.45, 2.75) is 18.5 Å². The van der Waals surface area contributed by atoms with E-state index in [0.717, 1.165) is 5.75 Å². The van der Waals surface area contributed by atoms with E-state index in [-0.39, 0.29) is 0 Å². The van der Waals surface area contributed by atoms with Crippen LogP contribution < -0.4 is 9.64 Å². The summed E-state index contributed by atoms with van der Waals surface area (Å²) in [7, 11) is 6.14. The molecular weight excluding hydrogens is 200 g/mol. The minimum atomic E-state index is 0.544. The van der Waals surface area contributed by atoms with Gasteiger partial charge in [-0.05, 0) is 37.2 Å². The first kappa shape index (κ1) is 9.97. The first-order chi connectivity index (χ1) is 7.72. The van der Waals surface area contributed by atoms with E-state index in [0.29, 0.717) is 12.1 Å². The van der Waals surface area contributed by atoms with Gasteiger partial charge in [-0.2, -0.15) is 0 Å². The molecule has 0 unspecified atom stereocenters. The fourth-order valence-electron chi connectivity index (χ4n) is 3.23. The first-order valence-electron chi connectivity index (χ1n) is 5.83. The fourth-order valence-corrected chi connectivity index (χ4v) is 3.23. The highest BCUT2D eigenvalue weighted by Gasteiger charge is 2.42. The van der Waals surface area contributed by atoms with E-state index >= 15 is 0 Å². The van der Waals surface area contributed by atoms with Crippen molar-refractivity contribution in [3.63, 3.8) is 0 Å². The Morgan fingerprint density at radius 1 is 1.31 bits per heavy atom. The Morgan fingerprint density at radius 3 is 2.88 bits per heavy atom. The normalized spacial score (nSPS) is 28.1. The molecule has 0 aliphatic carbocycles. The highest BCUT2D eigenvalue weighted by Crippen LogP contribution is 2.47. The van der Waals surface area contributed by atoms with Crippen LogP contribution in [-0.2, 0) is 0 Å². The molecule has 2 aliphatic rings. The van der Waals surface area contributed by atoms with Crippen molar-refractivity contribution in [1.82, 2.24) is 4.90 Å². The number of fused-ring (bicyclic) bond motifs is 3. The van der Waals surface area contributed by atoms with Gasteiger partial charge in [0.1, 0.15) is 5.75 Å². The maximum atomic E-state index is 5.32. The zero-order chi connectivity index (χ0) is 11.3. The van der Waals surface area contributed by atoms with Gasteiger partial charge in [0.05, 0.1) is 13.3 Å². The Balaban J connectivity index is 2.07. The summed E-state index contributed by atoms with van der Waals surface area (Å²) in [6.07, 6.45) is 1.80. The number of methoxy groups -OCH3 is 1. The molecule has 0 spiro atoms. The Kier molecular flexibility index (Phi) is 2.11. The standard InChI is InChI=1S/C13H18N2O/c1-14-7-6-10-11-8-9(16-3)4-5-12(11)15(2)13(10)14/h4-5,8,10,13H,6-7H2,1-3H3/t10-,13+/m0/s1. The molecule has 86 valence electrons. The van der Waals surface area contributed by atoms with E-state index in [4.69, 9.17) is 4.74 Å². The Hall–Kier alpha value is -1.22. The van der Waals surface area contributed by atoms with Crippen molar-refractivity contribution in [3.8, 4) is 5.75 Å². The summed E-state index contributed by atoms with van der Waals surface area (Å²) in [5, 5.41) is 0. The maximum Gasteiger partial charge on any atom is 0.119 e. The topological polar surface area (TPSA) is 15.7 Å². The Labute approximate surface area is 96.6 Å². The van der Waals surface area contributed by atoms with Gasteiger partial charge < -0.3 is 9.64 Å². The second-order valence-electron chi connectivity index (χ2n) is 4.83. The zero-order valence-corrected chi connectivity index (χ0v) is 10.1. The number of likely N-dealkylation sites (N-methyl/N-ethyl adjacent to an activating group) is 2. The van der Waals surface area contributed by atoms with Crippen LogP contribution in [-0.4, -0.2) is 38.8 Å². The molecule has 0 bridgehead atoms. The number of hydrogen-bond acceptors (Lipinski definition) is 3. The van der Waals surface area contributed by atoms with Crippen molar-refractivity contribution in [2.24, 2.45) is 0 Å². The molecule has 1 aromatic carbocycles. The predicted molar refractivity (Wildman–Crippen MR) is 65.2 cm³/mol. The van der Waals surface area contributed by atoms with E-state index in [1.165, 1.54) is 24.2 Å². The molecule has 0 N–H and O–H groups in total. The van der Waals surface area contributed by atoms with E-state index in [1.807, 2.05) is 0 Å². The summed E-state index contributed by atoms with van der Waals surface area (Å²) < 4.78 is 5.32. The SMILES string of the molecule is COc1ccc2c(c1)[C@@H]1CCN(C)[C@@H]1N2C. The zero-order valence-electron chi connectivity index (χ0n) is 10.1. The summed E-state index contributed by atoms with van der Waals surface area (Å²) >= 11 is 0. The van der Waals surface area contributed by atoms with Crippen LogP contribution in [0.2, 0.25) is 0 Å². The lowest BCUT2D eigenvalue weighted by Crippen LogP contribution is -2.39. The summed E-state index contributed by atoms with van der Waals surface area (Å²) in [5.41, 5.74) is 2.82. The number of anilines is 1. The lowest BCUT2D eigenvalue weighted by atomic mass is 9.98. The second-order valence-corrected chi connectivity index (χ2v) is 4.83. The lowest BCUT2D eigenvalue weighted by molar-refractivity contribution is 0.305. The van der Waals surface area contributed by atoms with Crippen LogP contribution in [0, 0.1) is 0 Å². The van der Waals surface area contributed by atoms with Crippen molar-refractivity contribution in [1.29, 1.82) is 0 Å². The Morgan fingerprint density at radius 2 is 2.12 bits per heavy atom. The summed E-state index contributed by atoms with van der Waals surface area (Å²) in [6, 6.07) is 6.44. The van der Waals surface area contributed by atoms with Gasteiger partial charge in [-0.25, -0.2) is 0 Å². The highest BCUT2D eigenvalue weighted by atomic mass is 16.5. The van der Waals surface area contributed by atoms with Crippen LogP contribution >= 0.6 is 0 Å². The van der Waals surface area contributed by atoms with Gasteiger partial charge in [-0.1, -0.05) is 0 Å². The molecule has 0 aromatic heterocycles. The van der Waals surface area contributed by atoms with Gasteiger partial charge in [0.15, 0.2) is 0 Å². The quantitative estimate of drug-likeness (QED) is 0.716. The molecule has 3 heteroatoms. The maximum absolute atomic E-state index is 5.32. The minimum absolute atomic E-state index is 0.544. The highest BCUT2D eigenvalue weighted by molar-refractivity contribution is 5.63. The third kappa shape index (κ3) is 1.18. The van der Waals surface area contributed by atoms with Gasteiger partial charge in [0.2, 0.25) is 0 Å². The fraction of sp³-hybridized carbons (Fsp3) is 0.538. The number of nitrogens with zero attached hydrogens (tertiary/aromatic N) is 2. The first-order valence-corrected chi connectivity index (χ1v) is 5.83. The number of ether oxygens (including phenoxy) is 1. The molecule has 1 saturated heterocycles. The van der Waals surface area contributed by atoms with Crippen molar-refractivity contribution < 1.29 is 4.74 Å². The van der Waals surface area contributed by atoms with Gasteiger partial charge in [-0.15, -0.1) is 0 Å². The van der Waals surface area contributed by atoms with Crippen LogP contribution in [0.25, 0.3) is 0 Å². The van der Waals surface area contributed by atoms with E-state index < -0.39 is 0 Å². The van der Waals surface area contributed by atoms with Crippen LogP contribution in [0.3, 0.4) is 0 Å². The molecule has 3 rings (SSSR count). The van der Waals surface area contributed by atoms with Crippen LogP contribution in [0.5, 0.6) is 5.75 Å². The predicted octanol–water partition coefficient (Wildman–Crippen LogP) is 1.89. The molecule has 16 heavy (non-hydrogen) atoms. The molecule has 2 atom stereocenters. The molecule has 2 heterocycles. The van der Waals surface area contributed by atoms with Gasteiger partial charge in [-0.3, -0.25) is 4.90 Å². The molecular formula is C13H18N2O. The van der Waals surface area contributed by atoms with Crippen molar-refractivity contribution >= 4 is 5.69 Å². The van der Waals surface area contributed by atoms with Gasteiger partial charge >= 0.3 is 0 Å². The van der Waals surface area contributed by atoms with Gasteiger partial charge in [0.25, 0.3) is 0 Å². The molecule has 2 aliphatic heterocycles. The summed E-state index contributed by atoms with van der Waals surface area (Å²) in [5.74, 6) is 1.63. The minimum Gasteiger partial charge on any atom is -0.497 e. The summed E-state index contributed by atoms with van der Waals surface area (Å²) in [6.45, 7) is 1.19. The van der Waals surface area contributed by atoms with Crippen molar-refractivity contribution in [2.75, 3.05) is 32.6 Å². The number of rotatable bonds is 1. The van der Waals surface area contributed by atoms with E-state index in [1.54, 1.807) is 7.11 Å². The van der Waals surface area contributed by atoms with Crippen LogP contribution in [0.1, 0.15) is 17.9 Å². The molecule has 3 nitrogen and oxygen atoms in total. The molecule has 0 amide bonds. The third-order valence-electron chi connectivity index (χ3n) is 4.02. The Bertz CT molecular complexity index is 418. The van der Waals surface area contributed by atoms with Crippen LogP contribution in [0.15, 0.2) is 18.2 Å². The lowest BCUT2D eigenvalue weighted by Gasteiger charge is -2.28. The van der Waals surface area contributed by atoms with Crippen LogP contribution in [0.4, 0.5) is 5.69 Å². The molecule has 0 radical (unpaired) electrons. The monoisotopic (exact) mass is 218 g/mol. The number of benzene rings is 1. The molecule has 0 saturated carbocycles. The van der Waals surface area contributed by atoms with E-state index in [2.05, 4.69) is 42.1 Å². The third-order valence-corrected chi connectivity index (χ3v) is 4.02. The number of likely N-dealkylation sites (tertiary alicyclic amines) is 1. The molecule has 1 fully saturated rings. The summed E-state index contributed by atoms with van der Waals surface area (Å²) in [4.78, 5) is 4.84. The molecule has 1 aromatic rings.